The molecule has 7 rings (SSSR count). The fourth-order valence-corrected chi connectivity index (χ4v) is 6.35. The number of aromatic hydroxyl groups is 1. The second kappa shape index (κ2) is 26.7. The lowest BCUT2D eigenvalue weighted by Gasteiger charge is -2.05. The van der Waals surface area contributed by atoms with Gasteiger partial charge in [0, 0.05) is 5.56 Å². The van der Waals surface area contributed by atoms with Crippen molar-refractivity contribution in [2.45, 2.75) is 77.8 Å². The number of phenolic OH excluding ortho intramolecular Hbond substituents is 1. The van der Waals surface area contributed by atoms with Crippen LogP contribution in [0.15, 0.2) is 180 Å². The Bertz CT molecular complexity index is 2460. The van der Waals surface area contributed by atoms with Crippen molar-refractivity contribution in [2.75, 3.05) is 0 Å². The van der Waals surface area contributed by atoms with Gasteiger partial charge in [-0.05, 0) is 122 Å². The number of ketones is 1. The molecular formula is C54H57F4NO5S. The molecule has 0 saturated carbocycles. The standard InChI is InChI=1S/C13H12O3S.C9H11NO.C9H10O.C8H7F3.C8H10.C7H7F/c1-10-2-6-12(7-3-10)17(15,16)13-8-4-11(14)5-9-13;1-7-2-4-8(5-3-7)6-9(10)11;1-7-3-5-9(6-4-7)8(2)10;1-6-2-4-7(5-3-6)8(9,10)11;1-7-3-5-8(2)6-4-7;1-6-2-4-7(8)5-3-6/h2-9,14H,1H3;2-5H,6H2,1H3,(H2,10,11);3-6H,1-2H3;2-5H,1H3;3-6H,1-2H3;2-5H,1H3. The van der Waals surface area contributed by atoms with Crippen LogP contribution >= 0.6 is 0 Å². The van der Waals surface area contributed by atoms with Gasteiger partial charge in [-0.2, -0.15) is 13.2 Å². The number of hydrogen-bond donors (Lipinski definition) is 2. The first-order valence-corrected chi connectivity index (χ1v) is 21.9. The zero-order valence-corrected chi connectivity index (χ0v) is 38.8. The molecular weight excluding hydrogens is 851 g/mol. The molecule has 0 unspecified atom stereocenters. The number of halogens is 4. The monoisotopic (exact) mass is 907 g/mol. The van der Waals surface area contributed by atoms with Gasteiger partial charge in [0.05, 0.1) is 21.8 Å². The van der Waals surface area contributed by atoms with Gasteiger partial charge in [0.1, 0.15) is 11.6 Å². The summed E-state index contributed by atoms with van der Waals surface area (Å²) in [6.07, 6.45) is -3.88. The summed E-state index contributed by atoms with van der Waals surface area (Å²) in [5.74, 6) is -0.280. The summed E-state index contributed by atoms with van der Waals surface area (Å²) in [5, 5.41) is 9.13. The van der Waals surface area contributed by atoms with E-state index in [9.17, 15) is 35.6 Å². The maximum atomic E-state index is 12.2. The molecule has 0 radical (unpaired) electrons. The third kappa shape index (κ3) is 21.9. The first-order valence-electron chi connectivity index (χ1n) is 20.4. The van der Waals surface area contributed by atoms with Crippen LogP contribution in [0, 0.1) is 54.3 Å². The Morgan fingerprint density at radius 3 is 1.11 bits per heavy atom. The Hall–Kier alpha value is -6.85. The number of phenols is 1. The van der Waals surface area contributed by atoms with Gasteiger partial charge >= 0.3 is 6.18 Å². The van der Waals surface area contributed by atoms with Gasteiger partial charge in [0.2, 0.25) is 15.7 Å². The van der Waals surface area contributed by atoms with Crippen LogP contribution in [-0.4, -0.2) is 25.2 Å². The molecule has 6 nitrogen and oxygen atoms in total. The largest absolute Gasteiger partial charge is 0.508 e. The summed E-state index contributed by atoms with van der Waals surface area (Å²) in [7, 11) is -3.48. The van der Waals surface area contributed by atoms with Crippen LogP contribution in [0.5, 0.6) is 5.75 Å². The zero-order chi connectivity index (χ0) is 48.7. The van der Waals surface area contributed by atoms with E-state index in [0.717, 1.165) is 39.9 Å². The van der Waals surface area contributed by atoms with Crippen LogP contribution < -0.4 is 5.73 Å². The maximum absolute atomic E-state index is 12.2. The smallest absolute Gasteiger partial charge is 0.416 e. The first kappa shape index (κ1) is 54.3. The molecule has 0 bridgehead atoms. The molecule has 7 aromatic rings. The third-order valence-electron chi connectivity index (χ3n) is 9.04. The van der Waals surface area contributed by atoms with Crippen LogP contribution in [0.2, 0.25) is 0 Å². The minimum absolute atomic E-state index is 0.0489. The van der Waals surface area contributed by atoms with Gasteiger partial charge in [-0.3, -0.25) is 9.59 Å². The van der Waals surface area contributed by atoms with E-state index in [2.05, 4.69) is 38.1 Å². The van der Waals surface area contributed by atoms with E-state index < -0.39 is 21.6 Å². The molecule has 0 aliphatic carbocycles. The van der Waals surface area contributed by atoms with Crippen molar-refractivity contribution < 1.29 is 40.7 Å². The maximum Gasteiger partial charge on any atom is 0.416 e. The highest BCUT2D eigenvalue weighted by atomic mass is 32.2. The van der Waals surface area contributed by atoms with E-state index in [0.29, 0.717) is 6.42 Å². The number of aryl methyl sites for hydroxylation is 7. The van der Waals surface area contributed by atoms with Gasteiger partial charge in [-0.15, -0.1) is 0 Å². The highest BCUT2D eigenvalue weighted by molar-refractivity contribution is 7.91. The Balaban J connectivity index is 0.000000274. The number of carbonyl (C=O) groups excluding carboxylic acids is 2. The number of sulfone groups is 1. The van der Waals surface area contributed by atoms with Gasteiger partial charge in [-0.1, -0.05) is 148 Å². The van der Waals surface area contributed by atoms with E-state index in [4.69, 9.17) is 10.8 Å². The van der Waals surface area contributed by atoms with E-state index in [1.165, 1.54) is 70.8 Å². The number of carbonyl (C=O) groups is 2. The first-order chi connectivity index (χ1) is 30.5. The summed E-state index contributed by atoms with van der Waals surface area (Å²) >= 11 is 0. The van der Waals surface area contributed by atoms with Crippen molar-refractivity contribution in [2.24, 2.45) is 5.73 Å². The van der Waals surface area contributed by atoms with Crippen LogP contribution in [-0.2, 0) is 27.2 Å². The van der Waals surface area contributed by atoms with E-state index in [-0.39, 0.29) is 33.0 Å². The Morgan fingerprint density at radius 2 is 0.785 bits per heavy atom. The number of Topliss-reactive ketones (excluding diaryl/α,β-unsaturated/α-hetero) is 1. The molecule has 342 valence electrons. The second-order valence-corrected chi connectivity index (χ2v) is 17.1. The van der Waals surface area contributed by atoms with Crippen LogP contribution in [0.25, 0.3) is 0 Å². The summed E-state index contributed by atoms with van der Waals surface area (Å²) < 4.78 is 72.2. The fraction of sp³-hybridized carbons (Fsp3) is 0.185. The van der Waals surface area contributed by atoms with E-state index in [1.54, 1.807) is 50.2 Å². The molecule has 0 fully saturated rings. The fourth-order valence-electron chi connectivity index (χ4n) is 5.09. The molecule has 7 aromatic carbocycles. The number of benzene rings is 7. The molecule has 65 heavy (non-hydrogen) atoms. The molecule has 3 N–H and O–H groups in total. The van der Waals surface area contributed by atoms with Crippen molar-refractivity contribution >= 4 is 21.5 Å². The predicted octanol–water partition coefficient (Wildman–Crippen LogP) is 13.2. The Kier molecular flexibility index (Phi) is 22.3. The van der Waals surface area contributed by atoms with Crippen LogP contribution in [0.4, 0.5) is 17.6 Å². The average molecular weight is 908 g/mol. The van der Waals surface area contributed by atoms with Crippen molar-refractivity contribution in [1.29, 1.82) is 0 Å². The Morgan fingerprint density at radius 1 is 0.492 bits per heavy atom. The van der Waals surface area contributed by atoms with E-state index in [1.807, 2.05) is 76.2 Å². The van der Waals surface area contributed by atoms with Crippen LogP contribution in [0.3, 0.4) is 0 Å². The van der Waals surface area contributed by atoms with Gasteiger partial charge in [0.25, 0.3) is 0 Å². The van der Waals surface area contributed by atoms with Crippen molar-refractivity contribution in [3.05, 3.63) is 231 Å². The van der Waals surface area contributed by atoms with Gasteiger partial charge in [0.15, 0.2) is 5.78 Å². The third-order valence-corrected chi connectivity index (χ3v) is 10.8. The number of hydrogen-bond acceptors (Lipinski definition) is 5. The molecule has 0 spiro atoms. The quantitative estimate of drug-likeness (QED) is 0.132. The number of alkyl halides is 3. The summed E-state index contributed by atoms with van der Waals surface area (Å²) in [4.78, 5) is 21.7. The minimum atomic E-state index is -4.21. The molecule has 0 aliphatic heterocycles. The van der Waals surface area contributed by atoms with Gasteiger partial charge in [-0.25, -0.2) is 12.8 Å². The average Bonchev–Trinajstić information content (AvgIpc) is 3.25. The number of amides is 1. The molecule has 0 heterocycles. The number of rotatable bonds is 5. The van der Waals surface area contributed by atoms with Crippen molar-refractivity contribution in [3.8, 4) is 5.75 Å². The van der Waals surface area contributed by atoms with E-state index >= 15 is 0 Å². The topological polar surface area (TPSA) is 115 Å². The summed E-state index contributed by atoms with van der Waals surface area (Å²) in [5.41, 5.74) is 14.2. The lowest BCUT2D eigenvalue weighted by atomic mass is 10.1. The number of nitrogens with two attached hydrogens (primary N) is 1. The lowest BCUT2D eigenvalue weighted by Crippen LogP contribution is -2.13. The molecule has 0 aliphatic rings. The summed E-state index contributed by atoms with van der Waals surface area (Å²) in [6.45, 7) is 15.4. The highest BCUT2D eigenvalue weighted by Crippen LogP contribution is 2.29. The molecule has 1 amide bonds. The molecule has 0 aromatic heterocycles. The summed E-state index contributed by atoms with van der Waals surface area (Å²) in [6, 6.07) is 47.5. The normalized spacial score (nSPS) is 10.3. The highest BCUT2D eigenvalue weighted by Gasteiger charge is 2.29. The molecule has 0 saturated heterocycles. The van der Waals surface area contributed by atoms with Crippen molar-refractivity contribution in [1.82, 2.24) is 0 Å². The minimum Gasteiger partial charge on any atom is -0.508 e. The lowest BCUT2D eigenvalue weighted by molar-refractivity contribution is -0.137. The zero-order valence-electron chi connectivity index (χ0n) is 38.0. The van der Waals surface area contributed by atoms with Gasteiger partial charge < -0.3 is 10.8 Å². The SMILES string of the molecule is CC(=O)c1ccc(C)cc1.Cc1ccc(C(F)(F)F)cc1.Cc1ccc(C)cc1.Cc1ccc(CC(N)=O)cc1.Cc1ccc(F)cc1.Cc1ccc(S(=O)(=O)c2ccc(O)cc2)cc1. The molecule has 0 atom stereocenters. The predicted molar refractivity (Wildman–Crippen MR) is 253 cm³/mol. The van der Waals surface area contributed by atoms with Crippen LogP contribution in [0.1, 0.15) is 67.4 Å². The molecule has 11 heteroatoms. The number of primary amides is 1. The second-order valence-electron chi connectivity index (χ2n) is 15.2. The Labute approximate surface area is 381 Å². The van der Waals surface area contributed by atoms with Crippen molar-refractivity contribution in [3.63, 3.8) is 0 Å².